The highest BCUT2D eigenvalue weighted by Crippen LogP contribution is 2.27. The van der Waals surface area contributed by atoms with Crippen LogP contribution < -0.4 is 14.2 Å². The van der Waals surface area contributed by atoms with Crippen LogP contribution in [0.1, 0.15) is 27.6 Å². The molecule has 3 aromatic carbocycles. The highest BCUT2D eigenvalue weighted by molar-refractivity contribution is 7.92. The summed E-state index contributed by atoms with van der Waals surface area (Å²) >= 11 is 0. The average molecular weight is 455 g/mol. The Morgan fingerprint density at radius 2 is 1.44 bits per heavy atom. The number of carboxylic acid groups (broad SMARTS) is 1. The molecule has 3 aromatic rings. The van der Waals surface area contributed by atoms with Gasteiger partial charge in [-0.1, -0.05) is 24.3 Å². The van der Waals surface area contributed by atoms with Gasteiger partial charge in [-0.05, 0) is 55.5 Å². The largest absolute Gasteiger partial charge is 0.490 e. The minimum absolute atomic E-state index is 0.0189. The van der Waals surface area contributed by atoms with E-state index < -0.39 is 16.0 Å². The van der Waals surface area contributed by atoms with Gasteiger partial charge in [0.2, 0.25) is 0 Å². The molecule has 0 saturated carbocycles. The highest BCUT2D eigenvalue weighted by atomic mass is 32.2. The van der Waals surface area contributed by atoms with Crippen LogP contribution in [0, 0.1) is 0 Å². The summed E-state index contributed by atoms with van der Waals surface area (Å²) in [5.41, 5.74) is 0.838. The summed E-state index contributed by atoms with van der Waals surface area (Å²) < 4.78 is 39.1. The molecule has 32 heavy (non-hydrogen) atoms. The number of anilines is 1. The summed E-state index contributed by atoms with van der Waals surface area (Å²) in [5, 5.41) is 8.91. The normalized spacial score (nSPS) is 10.9. The molecule has 0 spiro atoms. The summed E-state index contributed by atoms with van der Waals surface area (Å²) in [4.78, 5) is 22.3. The predicted molar refractivity (Wildman–Crippen MR) is 118 cm³/mol. The van der Waals surface area contributed by atoms with Crippen molar-refractivity contribution in [3.8, 4) is 11.5 Å². The summed E-state index contributed by atoms with van der Waals surface area (Å²) in [6.45, 7) is 1.71. The molecular weight excluding hydrogens is 434 g/mol. The second kappa shape index (κ2) is 9.97. The first-order chi connectivity index (χ1) is 15.3. The van der Waals surface area contributed by atoms with Gasteiger partial charge in [-0.25, -0.2) is 13.2 Å². The number of ketones is 1. The van der Waals surface area contributed by atoms with Crippen LogP contribution in [0.4, 0.5) is 5.69 Å². The number of benzene rings is 3. The molecule has 0 atom stereocenters. The Balaban J connectivity index is 1.61. The zero-order valence-electron chi connectivity index (χ0n) is 17.1. The molecular formula is C23H21NO7S. The second-order valence-corrected chi connectivity index (χ2v) is 8.39. The van der Waals surface area contributed by atoms with Crippen LogP contribution in [0.25, 0.3) is 0 Å². The number of nitrogens with one attached hydrogen (secondary N) is 1. The van der Waals surface area contributed by atoms with E-state index in [1.807, 2.05) is 0 Å². The van der Waals surface area contributed by atoms with E-state index in [1.165, 1.54) is 43.3 Å². The van der Waals surface area contributed by atoms with Gasteiger partial charge in [0.25, 0.3) is 10.0 Å². The Hall–Kier alpha value is -3.85. The fourth-order valence-corrected chi connectivity index (χ4v) is 3.82. The molecule has 3 rings (SSSR count). The van der Waals surface area contributed by atoms with Crippen molar-refractivity contribution in [1.82, 2.24) is 0 Å². The van der Waals surface area contributed by atoms with Gasteiger partial charge in [-0.2, -0.15) is 0 Å². The second-order valence-electron chi connectivity index (χ2n) is 6.71. The Morgan fingerprint density at radius 3 is 2.06 bits per heavy atom. The third kappa shape index (κ3) is 5.86. The summed E-state index contributed by atoms with van der Waals surface area (Å²) in [6.07, 6.45) is 0. The van der Waals surface area contributed by atoms with Crippen molar-refractivity contribution >= 4 is 27.5 Å². The first-order valence-electron chi connectivity index (χ1n) is 9.58. The molecule has 0 aliphatic rings. The van der Waals surface area contributed by atoms with E-state index in [-0.39, 0.29) is 35.1 Å². The van der Waals surface area contributed by atoms with Crippen molar-refractivity contribution in [2.24, 2.45) is 0 Å². The van der Waals surface area contributed by atoms with Crippen LogP contribution in [0.5, 0.6) is 11.5 Å². The third-order valence-corrected chi connectivity index (χ3v) is 5.79. The molecule has 0 radical (unpaired) electrons. The SMILES string of the molecule is CC(=O)c1ccc(S(=O)(=O)Nc2ccccc2OCCOc2ccc(C(=O)O)cc2)cc1. The van der Waals surface area contributed by atoms with E-state index in [9.17, 15) is 18.0 Å². The Labute approximate surface area is 185 Å². The predicted octanol–water partition coefficient (Wildman–Crippen LogP) is 3.85. The molecule has 2 N–H and O–H groups in total. The number of aromatic carboxylic acids is 1. The van der Waals surface area contributed by atoms with Gasteiger partial charge in [0, 0.05) is 5.56 Å². The first kappa shape index (κ1) is 22.8. The first-order valence-corrected chi connectivity index (χ1v) is 11.1. The number of hydrogen-bond donors (Lipinski definition) is 2. The lowest BCUT2D eigenvalue weighted by Crippen LogP contribution is -2.15. The maximum absolute atomic E-state index is 12.7. The van der Waals surface area contributed by atoms with Crippen molar-refractivity contribution in [2.75, 3.05) is 17.9 Å². The maximum Gasteiger partial charge on any atom is 0.335 e. The molecule has 0 unspecified atom stereocenters. The fourth-order valence-electron chi connectivity index (χ4n) is 2.75. The van der Waals surface area contributed by atoms with Gasteiger partial charge in [0.15, 0.2) is 5.78 Å². The number of carbonyl (C=O) groups is 2. The van der Waals surface area contributed by atoms with Gasteiger partial charge in [-0.3, -0.25) is 9.52 Å². The average Bonchev–Trinajstić information content (AvgIpc) is 2.78. The molecule has 0 bridgehead atoms. The molecule has 166 valence electrons. The number of carbonyl (C=O) groups excluding carboxylic acids is 1. The smallest absolute Gasteiger partial charge is 0.335 e. The monoisotopic (exact) mass is 455 g/mol. The van der Waals surface area contributed by atoms with Gasteiger partial charge in [0.05, 0.1) is 16.1 Å². The number of hydrogen-bond acceptors (Lipinski definition) is 6. The maximum atomic E-state index is 12.7. The van der Waals surface area contributed by atoms with E-state index in [2.05, 4.69) is 4.72 Å². The van der Waals surface area contributed by atoms with Crippen LogP contribution in [0.15, 0.2) is 77.7 Å². The lowest BCUT2D eigenvalue weighted by molar-refractivity contribution is 0.0696. The van der Waals surface area contributed by atoms with E-state index in [0.29, 0.717) is 17.1 Å². The van der Waals surface area contributed by atoms with Crippen molar-refractivity contribution in [3.05, 3.63) is 83.9 Å². The van der Waals surface area contributed by atoms with Gasteiger partial charge >= 0.3 is 5.97 Å². The number of Topliss-reactive ketones (excluding diaryl/α,β-unsaturated/α-hetero) is 1. The minimum atomic E-state index is -3.88. The Bertz CT molecular complexity index is 1200. The molecule has 0 fully saturated rings. The van der Waals surface area contributed by atoms with Gasteiger partial charge < -0.3 is 14.6 Å². The van der Waals surface area contributed by atoms with Crippen LogP contribution in [-0.2, 0) is 10.0 Å². The van der Waals surface area contributed by atoms with Crippen molar-refractivity contribution in [3.63, 3.8) is 0 Å². The number of sulfonamides is 1. The third-order valence-electron chi connectivity index (χ3n) is 4.41. The van der Waals surface area contributed by atoms with E-state index in [4.69, 9.17) is 14.6 Å². The molecule has 0 aliphatic heterocycles. The number of carboxylic acids is 1. The Kier molecular flexibility index (Phi) is 7.11. The van der Waals surface area contributed by atoms with Crippen molar-refractivity contribution in [2.45, 2.75) is 11.8 Å². The van der Waals surface area contributed by atoms with Gasteiger partial charge in [0.1, 0.15) is 24.7 Å². The van der Waals surface area contributed by atoms with E-state index in [0.717, 1.165) is 0 Å². The molecule has 0 aromatic heterocycles. The highest BCUT2D eigenvalue weighted by Gasteiger charge is 2.17. The molecule has 8 nitrogen and oxygen atoms in total. The van der Waals surface area contributed by atoms with Crippen LogP contribution >= 0.6 is 0 Å². The number of ether oxygens (including phenoxy) is 2. The lowest BCUT2D eigenvalue weighted by Gasteiger charge is -2.14. The van der Waals surface area contributed by atoms with Gasteiger partial charge in [-0.15, -0.1) is 0 Å². The molecule has 0 saturated heterocycles. The van der Waals surface area contributed by atoms with E-state index >= 15 is 0 Å². The molecule has 0 aliphatic carbocycles. The standard InChI is InChI=1S/C23H21NO7S/c1-16(25)17-8-12-20(13-9-17)32(28,29)24-21-4-2-3-5-22(21)31-15-14-30-19-10-6-18(7-11-19)23(26)27/h2-13,24H,14-15H2,1H3,(H,26,27). The van der Waals surface area contributed by atoms with Crippen molar-refractivity contribution < 1.29 is 32.6 Å². The summed E-state index contributed by atoms with van der Waals surface area (Å²) in [5.74, 6) is -0.364. The van der Waals surface area contributed by atoms with Crippen LogP contribution in [0.2, 0.25) is 0 Å². The molecule has 9 heteroatoms. The number of para-hydroxylation sites is 2. The Morgan fingerprint density at radius 1 is 0.844 bits per heavy atom. The minimum Gasteiger partial charge on any atom is -0.490 e. The summed E-state index contributed by atoms with van der Waals surface area (Å²) in [6, 6.07) is 18.2. The number of rotatable bonds is 10. The summed E-state index contributed by atoms with van der Waals surface area (Å²) in [7, 11) is -3.88. The molecule has 0 heterocycles. The zero-order valence-corrected chi connectivity index (χ0v) is 18.0. The van der Waals surface area contributed by atoms with Crippen molar-refractivity contribution in [1.29, 1.82) is 0 Å². The topological polar surface area (TPSA) is 119 Å². The van der Waals surface area contributed by atoms with Crippen LogP contribution in [-0.4, -0.2) is 38.5 Å². The fraction of sp³-hybridized carbons (Fsp3) is 0.130. The molecule has 0 amide bonds. The van der Waals surface area contributed by atoms with E-state index in [1.54, 1.807) is 36.4 Å². The zero-order chi connectivity index (χ0) is 23.1. The van der Waals surface area contributed by atoms with Crippen LogP contribution in [0.3, 0.4) is 0 Å². The quantitative estimate of drug-likeness (QED) is 0.352. The lowest BCUT2D eigenvalue weighted by atomic mass is 10.2.